The molecule has 0 unspecified atom stereocenters. The van der Waals surface area contributed by atoms with Crippen LogP contribution < -0.4 is 0 Å². The smallest absolute Gasteiger partial charge is 0.185 e. The summed E-state index contributed by atoms with van der Waals surface area (Å²) in [6.07, 6.45) is 1.65. The molecule has 0 aliphatic carbocycles. The van der Waals surface area contributed by atoms with Crippen molar-refractivity contribution in [1.29, 1.82) is 0 Å². The largest absolute Gasteiger partial charge is 0.289 e. The molecule has 1 aromatic rings. The number of carbonyl (C=O) groups is 1. The van der Waals surface area contributed by atoms with E-state index in [1.54, 1.807) is 6.08 Å². The Balaban J connectivity index is 0. The van der Waals surface area contributed by atoms with Crippen molar-refractivity contribution in [2.24, 2.45) is 0 Å². The van der Waals surface area contributed by atoms with E-state index in [0.29, 0.717) is 0 Å². The molecule has 1 aromatic carbocycles. The zero-order valence-electron chi connectivity index (χ0n) is 11.4. The molecule has 16 heavy (non-hydrogen) atoms. The van der Waals surface area contributed by atoms with E-state index in [4.69, 9.17) is 0 Å². The van der Waals surface area contributed by atoms with Crippen molar-refractivity contribution in [1.82, 2.24) is 0 Å². The van der Waals surface area contributed by atoms with Gasteiger partial charge in [0.25, 0.3) is 0 Å². The highest BCUT2D eigenvalue weighted by atomic mass is 16.1. The van der Waals surface area contributed by atoms with Gasteiger partial charge in [0.05, 0.1) is 0 Å². The Labute approximate surface area is 100 Å². The first-order valence-corrected chi connectivity index (χ1v) is 5.94. The molecule has 1 heteroatoms. The van der Waals surface area contributed by atoms with Gasteiger partial charge in [0, 0.05) is 5.56 Å². The maximum Gasteiger partial charge on any atom is 0.185 e. The number of carbonyl (C=O) groups excluding carboxylic acids is 1. The van der Waals surface area contributed by atoms with Crippen molar-refractivity contribution in [3.05, 3.63) is 47.5 Å². The number of allylic oxidation sites excluding steroid dienone is 2. The van der Waals surface area contributed by atoms with Crippen LogP contribution in [-0.2, 0) is 0 Å². The number of ketones is 1. The summed E-state index contributed by atoms with van der Waals surface area (Å²) in [6, 6.07) is 9.28. The fourth-order valence-electron chi connectivity index (χ4n) is 0.948. The predicted octanol–water partition coefficient (Wildman–Crippen LogP) is 4.89. The highest BCUT2D eigenvalue weighted by molar-refractivity contribution is 6.04. The van der Waals surface area contributed by atoms with E-state index >= 15 is 0 Å². The fraction of sp³-hybridized carbons (Fsp3) is 0.400. The minimum Gasteiger partial charge on any atom is -0.289 e. The second kappa shape index (κ2) is 11.7. The highest BCUT2D eigenvalue weighted by Crippen LogP contribution is 2.02. The van der Waals surface area contributed by atoms with Crippen molar-refractivity contribution in [2.75, 3.05) is 0 Å². The molecule has 0 heterocycles. The summed E-state index contributed by atoms with van der Waals surface area (Å²) in [4.78, 5) is 11.4. The summed E-state index contributed by atoms with van der Waals surface area (Å²) in [7, 11) is 0. The SMILES string of the molecule is CC.CC.CC(C)=CC(=O)c1ccccc1. The lowest BCUT2D eigenvalue weighted by molar-refractivity contribution is 0.104. The van der Waals surface area contributed by atoms with Crippen LogP contribution in [0.15, 0.2) is 42.0 Å². The van der Waals surface area contributed by atoms with Gasteiger partial charge in [0.15, 0.2) is 5.78 Å². The Hall–Kier alpha value is -1.37. The first-order chi connectivity index (χ1) is 7.70. The lowest BCUT2D eigenvalue weighted by Crippen LogP contribution is -1.93. The van der Waals surface area contributed by atoms with Gasteiger partial charge in [-0.3, -0.25) is 4.79 Å². The van der Waals surface area contributed by atoms with Gasteiger partial charge in [0.1, 0.15) is 0 Å². The lowest BCUT2D eigenvalue weighted by atomic mass is 10.1. The van der Waals surface area contributed by atoms with Crippen molar-refractivity contribution in [3.8, 4) is 0 Å². The van der Waals surface area contributed by atoms with E-state index in [1.165, 1.54) is 0 Å². The molecule has 0 saturated carbocycles. The van der Waals surface area contributed by atoms with Crippen LogP contribution in [0.4, 0.5) is 0 Å². The van der Waals surface area contributed by atoms with Crippen molar-refractivity contribution >= 4 is 5.78 Å². The van der Waals surface area contributed by atoms with Crippen LogP contribution >= 0.6 is 0 Å². The molecule has 0 spiro atoms. The summed E-state index contributed by atoms with van der Waals surface area (Å²) in [6.45, 7) is 11.8. The summed E-state index contributed by atoms with van der Waals surface area (Å²) in [5.74, 6) is 0.0793. The Bertz CT molecular complexity index is 292. The topological polar surface area (TPSA) is 17.1 Å². The summed E-state index contributed by atoms with van der Waals surface area (Å²) in [5.41, 5.74) is 1.78. The van der Waals surface area contributed by atoms with E-state index in [0.717, 1.165) is 11.1 Å². The van der Waals surface area contributed by atoms with E-state index in [2.05, 4.69) is 0 Å². The Kier molecular flexibility index (Phi) is 12.5. The van der Waals surface area contributed by atoms with E-state index < -0.39 is 0 Å². The quantitative estimate of drug-likeness (QED) is 0.512. The molecule has 0 aliphatic heterocycles. The van der Waals surface area contributed by atoms with Crippen LogP contribution in [0.2, 0.25) is 0 Å². The van der Waals surface area contributed by atoms with Crippen LogP contribution in [-0.4, -0.2) is 5.78 Å². The highest BCUT2D eigenvalue weighted by Gasteiger charge is 1.98. The zero-order chi connectivity index (χ0) is 13.0. The van der Waals surface area contributed by atoms with Gasteiger partial charge in [0.2, 0.25) is 0 Å². The van der Waals surface area contributed by atoms with E-state index in [-0.39, 0.29) is 5.78 Å². The molecule has 0 atom stereocenters. The fourth-order valence-corrected chi connectivity index (χ4v) is 0.948. The maximum atomic E-state index is 11.4. The molecule has 0 bridgehead atoms. The van der Waals surface area contributed by atoms with E-state index in [9.17, 15) is 4.79 Å². The van der Waals surface area contributed by atoms with Gasteiger partial charge in [-0.1, -0.05) is 63.6 Å². The first kappa shape index (κ1) is 17.0. The minimum atomic E-state index is 0.0793. The summed E-state index contributed by atoms with van der Waals surface area (Å²) >= 11 is 0. The Morgan fingerprint density at radius 2 is 1.38 bits per heavy atom. The molecule has 0 fully saturated rings. The van der Waals surface area contributed by atoms with Crippen LogP contribution in [0, 0.1) is 0 Å². The summed E-state index contributed by atoms with van der Waals surface area (Å²) < 4.78 is 0. The molecule has 0 radical (unpaired) electrons. The number of benzene rings is 1. The van der Waals surface area contributed by atoms with Crippen LogP contribution in [0.3, 0.4) is 0 Å². The van der Waals surface area contributed by atoms with Crippen LogP contribution in [0.1, 0.15) is 51.9 Å². The van der Waals surface area contributed by atoms with Gasteiger partial charge in [-0.15, -0.1) is 0 Å². The van der Waals surface area contributed by atoms with E-state index in [1.807, 2.05) is 71.9 Å². The predicted molar refractivity (Wildman–Crippen MR) is 72.9 cm³/mol. The number of hydrogen-bond donors (Lipinski definition) is 0. The third-order valence-corrected chi connectivity index (χ3v) is 1.48. The Morgan fingerprint density at radius 3 is 1.75 bits per heavy atom. The Morgan fingerprint density at radius 1 is 0.938 bits per heavy atom. The molecular weight excluding hydrogens is 196 g/mol. The van der Waals surface area contributed by atoms with Gasteiger partial charge in [-0.05, 0) is 19.9 Å². The monoisotopic (exact) mass is 220 g/mol. The van der Waals surface area contributed by atoms with Gasteiger partial charge >= 0.3 is 0 Å². The zero-order valence-corrected chi connectivity index (χ0v) is 11.4. The van der Waals surface area contributed by atoms with Crippen molar-refractivity contribution in [3.63, 3.8) is 0 Å². The molecular formula is C15H24O. The third-order valence-electron chi connectivity index (χ3n) is 1.48. The maximum absolute atomic E-state index is 11.4. The van der Waals surface area contributed by atoms with Gasteiger partial charge in [-0.25, -0.2) is 0 Å². The first-order valence-electron chi connectivity index (χ1n) is 5.94. The third kappa shape index (κ3) is 7.98. The molecule has 0 amide bonds. The van der Waals surface area contributed by atoms with Crippen molar-refractivity contribution < 1.29 is 4.79 Å². The average Bonchev–Trinajstić information content (AvgIpc) is 2.34. The van der Waals surface area contributed by atoms with Crippen LogP contribution in [0.5, 0.6) is 0 Å². The molecule has 0 aromatic heterocycles. The number of rotatable bonds is 2. The molecule has 0 N–H and O–H groups in total. The molecule has 0 aliphatic rings. The second-order valence-corrected chi connectivity index (χ2v) is 2.95. The second-order valence-electron chi connectivity index (χ2n) is 2.95. The average molecular weight is 220 g/mol. The normalized spacial score (nSPS) is 7.62. The standard InChI is InChI=1S/C11H12O.2C2H6/c1-9(2)8-11(12)10-6-4-3-5-7-10;2*1-2/h3-8H,1-2H3;2*1-2H3. The minimum absolute atomic E-state index is 0.0793. The molecule has 0 saturated heterocycles. The van der Waals surface area contributed by atoms with Crippen molar-refractivity contribution in [2.45, 2.75) is 41.5 Å². The molecule has 1 rings (SSSR count). The molecule has 90 valence electrons. The van der Waals surface area contributed by atoms with Crippen LogP contribution in [0.25, 0.3) is 0 Å². The molecule has 1 nitrogen and oxygen atoms in total. The van der Waals surface area contributed by atoms with Gasteiger partial charge < -0.3 is 0 Å². The van der Waals surface area contributed by atoms with Gasteiger partial charge in [-0.2, -0.15) is 0 Å². The number of hydrogen-bond acceptors (Lipinski definition) is 1. The summed E-state index contributed by atoms with van der Waals surface area (Å²) in [5, 5.41) is 0. The lowest BCUT2D eigenvalue weighted by Gasteiger charge is -1.94.